The molecule has 1 aliphatic rings. The van der Waals surface area contributed by atoms with Crippen LogP contribution in [0.4, 0.5) is 8.78 Å². The Hall–Kier alpha value is -1.93. The highest BCUT2D eigenvalue weighted by Gasteiger charge is 2.33. The summed E-state index contributed by atoms with van der Waals surface area (Å²) in [6.45, 7) is 0.876. The Morgan fingerprint density at radius 2 is 2.14 bits per heavy atom. The van der Waals surface area contributed by atoms with E-state index in [0.717, 1.165) is 6.07 Å². The molecule has 8 heteroatoms. The lowest BCUT2D eigenvalue weighted by atomic mass is 10.0. The number of aromatic nitrogens is 4. The fourth-order valence-electron chi connectivity index (χ4n) is 2.68. The van der Waals surface area contributed by atoms with Gasteiger partial charge in [0, 0.05) is 19.6 Å². The zero-order chi connectivity index (χ0) is 15.0. The quantitative estimate of drug-likeness (QED) is 0.907. The molecule has 2 aromatic rings. The van der Waals surface area contributed by atoms with Crippen molar-refractivity contribution in [2.75, 3.05) is 6.54 Å². The summed E-state index contributed by atoms with van der Waals surface area (Å²) < 4.78 is 28.0. The molecule has 0 bridgehead atoms. The number of aliphatic hydroxyl groups excluding tert-OH is 1. The maximum atomic E-state index is 13.4. The summed E-state index contributed by atoms with van der Waals surface area (Å²) in [7, 11) is 1.73. The van der Waals surface area contributed by atoms with E-state index >= 15 is 0 Å². The van der Waals surface area contributed by atoms with Crippen molar-refractivity contribution in [1.82, 2.24) is 25.1 Å². The van der Waals surface area contributed by atoms with E-state index < -0.39 is 17.7 Å². The zero-order valence-electron chi connectivity index (χ0n) is 11.4. The Balaban J connectivity index is 1.85. The predicted molar refractivity (Wildman–Crippen MR) is 68.9 cm³/mol. The fourth-order valence-corrected chi connectivity index (χ4v) is 2.68. The average Bonchev–Trinajstić information content (AvgIpc) is 3.00. The lowest BCUT2D eigenvalue weighted by Crippen LogP contribution is -2.26. The Kier molecular flexibility index (Phi) is 3.64. The van der Waals surface area contributed by atoms with Crippen LogP contribution in [0.25, 0.3) is 0 Å². The highest BCUT2D eigenvalue weighted by atomic mass is 19.2. The number of halogens is 2. The van der Waals surface area contributed by atoms with Crippen molar-refractivity contribution in [3.63, 3.8) is 0 Å². The van der Waals surface area contributed by atoms with Crippen LogP contribution in [0.5, 0.6) is 0 Å². The van der Waals surface area contributed by atoms with Gasteiger partial charge in [-0.1, -0.05) is 6.07 Å². The lowest BCUT2D eigenvalue weighted by molar-refractivity contribution is 0.170. The first-order valence-electron chi connectivity index (χ1n) is 6.63. The lowest BCUT2D eigenvalue weighted by Gasteiger charge is -2.23. The molecule has 1 aromatic carbocycles. The molecule has 0 unspecified atom stereocenters. The number of hydrogen-bond donors (Lipinski definition) is 1. The van der Waals surface area contributed by atoms with Gasteiger partial charge in [-0.25, -0.2) is 13.5 Å². The SMILES string of the molecule is Cn1nnnc1CN1C[C@H](O)C[C@@H]1c1ccc(F)c(F)c1. The number of tetrazole rings is 1. The number of rotatable bonds is 3. The maximum Gasteiger partial charge on any atom is 0.165 e. The smallest absolute Gasteiger partial charge is 0.165 e. The van der Waals surface area contributed by atoms with Crippen molar-refractivity contribution < 1.29 is 13.9 Å². The molecule has 1 N–H and O–H groups in total. The van der Waals surface area contributed by atoms with Crippen molar-refractivity contribution in [2.45, 2.75) is 25.1 Å². The predicted octanol–water partition coefficient (Wildman–Crippen LogP) is 0.796. The second-order valence-electron chi connectivity index (χ2n) is 5.23. The molecule has 0 spiro atoms. The molecule has 1 aromatic heterocycles. The fraction of sp³-hybridized carbons (Fsp3) is 0.462. The third-order valence-electron chi connectivity index (χ3n) is 3.76. The van der Waals surface area contributed by atoms with Gasteiger partial charge in [0.15, 0.2) is 17.5 Å². The van der Waals surface area contributed by atoms with E-state index in [1.165, 1.54) is 6.07 Å². The molecule has 0 amide bonds. The number of β-amino-alcohol motifs (C(OH)–C–C–N with tert-alkyl or cyclic N) is 1. The van der Waals surface area contributed by atoms with Gasteiger partial charge in [-0.15, -0.1) is 5.10 Å². The number of benzene rings is 1. The minimum Gasteiger partial charge on any atom is -0.392 e. The Bertz CT molecular complexity index is 647. The number of aryl methyl sites for hydroxylation is 1. The van der Waals surface area contributed by atoms with Crippen LogP contribution in [0, 0.1) is 11.6 Å². The highest BCUT2D eigenvalue weighted by Crippen LogP contribution is 2.33. The molecular formula is C13H15F2N5O. The van der Waals surface area contributed by atoms with Gasteiger partial charge >= 0.3 is 0 Å². The second kappa shape index (κ2) is 5.45. The summed E-state index contributed by atoms with van der Waals surface area (Å²) in [6.07, 6.45) is -0.0413. The molecule has 0 aliphatic carbocycles. The van der Waals surface area contributed by atoms with Crippen LogP contribution in [0.3, 0.4) is 0 Å². The van der Waals surface area contributed by atoms with Crippen molar-refractivity contribution >= 4 is 0 Å². The van der Waals surface area contributed by atoms with Gasteiger partial charge < -0.3 is 5.11 Å². The van der Waals surface area contributed by atoms with Crippen LogP contribution in [0.15, 0.2) is 18.2 Å². The Morgan fingerprint density at radius 1 is 1.33 bits per heavy atom. The minimum absolute atomic E-state index is 0.188. The van der Waals surface area contributed by atoms with E-state index in [1.54, 1.807) is 17.8 Å². The van der Waals surface area contributed by atoms with Gasteiger partial charge in [-0.2, -0.15) is 0 Å². The van der Waals surface area contributed by atoms with Crippen molar-refractivity contribution in [3.05, 3.63) is 41.2 Å². The van der Waals surface area contributed by atoms with Crippen LogP contribution in [-0.4, -0.2) is 42.9 Å². The number of nitrogens with zero attached hydrogens (tertiary/aromatic N) is 5. The first-order valence-corrected chi connectivity index (χ1v) is 6.63. The molecular weight excluding hydrogens is 280 g/mol. The van der Waals surface area contributed by atoms with E-state index in [0.29, 0.717) is 30.9 Å². The summed E-state index contributed by atoms with van der Waals surface area (Å²) in [5.74, 6) is -1.10. The minimum atomic E-state index is -0.880. The maximum absolute atomic E-state index is 13.4. The number of likely N-dealkylation sites (tertiary alicyclic amines) is 1. The largest absolute Gasteiger partial charge is 0.392 e. The molecule has 21 heavy (non-hydrogen) atoms. The first kappa shape index (κ1) is 14.0. The first-order chi connectivity index (χ1) is 10.0. The van der Waals surface area contributed by atoms with Gasteiger partial charge in [-0.05, 0) is 34.5 Å². The second-order valence-corrected chi connectivity index (χ2v) is 5.23. The Labute approximate surface area is 120 Å². The monoisotopic (exact) mass is 295 g/mol. The Morgan fingerprint density at radius 3 is 2.81 bits per heavy atom. The van der Waals surface area contributed by atoms with E-state index in [4.69, 9.17) is 0 Å². The van der Waals surface area contributed by atoms with Gasteiger partial charge in [0.1, 0.15) is 0 Å². The topological polar surface area (TPSA) is 67.1 Å². The van der Waals surface area contributed by atoms with Crippen LogP contribution in [-0.2, 0) is 13.6 Å². The van der Waals surface area contributed by atoms with Gasteiger partial charge in [0.05, 0.1) is 12.6 Å². The molecule has 2 atom stereocenters. The van der Waals surface area contributed by atoms with Crippen molar-refractivity contribution in [1.29, 1.82) is 0 Å². The summed E-state index contributed by atoms with van der Waals surface area (Å²) in [5, 5.41) is 21.1. The van der Waals surface area contributed by atoms with Crippen LogP contribution >= 0.6 is 0 Å². The molecule has 6 nitrogen and oxygen atoms in total. The zero-order valence-corrected chi connectivity index (χ0v) is 11.4. The average molecular weight is 295 g/mol. The normalized spacial score (nSPS) is 22.9. The van der Waals surface area contributed by atoms with Crippen LogP contribution < -0.4 is 0 Å². The summed E-state index contributed by atoms with van der Waals surface area (Å²) >= 11 is 0. The molecule has 2 heterocycles. The van der Waals surface area contributed by atoms with E-state index in [2.05, 4.69) is 15.5 Å². The van der Waals surface area contributed by atoms with E-state index in [1.807, 2.05) is 4.90 Å². The molecule has 1 fully saturated rings. The number of hydrogen-bond acceptors (Lipinski definition) is 5. The molecule has 0 saturated carbocycles. The van der Waals surface area contributed by atoms with Gasteiger partial charge in [0.25, 0.3) is 0 Å². The third kappa shape index (κ3) is 2.77. The summed E-state index contributed by atoms with van der Waals surface area (Å²) in [6, 6.07) is 3.65. The molecule has 1 aliphatic heterocycles. The molecule has 112 valence electrons. The highest BCUT2D eigenvalue weighted by molar-refractivity contribution is 5.23. The van der Waals surface area contributed by atoms with Crippen molar-refractivity contribution in [2.24, 2.45) is 7.05 Å². The molecule has 3 rings (SSSR count). The van der Waals surface area contributed by atoms with E-state index in [-0.39, 0.29) is 6.04 Å². The van der Waals surface area contributed by atoms with Gasteiger partial charge in [0.2, 0.25) is 0 Å². The summed E-state index contributed by atoms with van der Waals surface area (Å²) in [4.78, 5) is 1.96. The van der Waals surface area contributed by atoms with Crippen molar-refractivity contribution in [3.8, 4) is 0 Å². The standard InChI is InChI=1S/C13H15F2N5O/c1-19-13(16-17-18-19)7-20-6-9(21)5-12(20)8-2-3-10(14)11(15)4-8/h2-4,9,12,21H,5-7H2,1H3/t9-,12-/m1/s1. The molecule has 0 radical (unpaired) electrons. The van der Waals surface area contributed by atoms with Crippen LogP contribution in [0.1, 0.15) is 23.9 Å². The molecule has 1 saturated heterocycles. The number of aliphatic hydroxyl groups is 1. The van der Waals surface area contributed by atoms with Gasteiger partial charge in [-0.3, -0.25) is 4.90 Å². The third-order valence-corrected chi connectivity index (χ3v) is 3.76. The van der Waals surface area contributed by atoms with Crippen LogP contribution in [0.2, 0.25) is 0 Å². The summed E-state index contributed by atoms with van der Waals surface area (Å²) in [5.41, 5.74) is 0.639. The van der Waals surface area contributed by atoms with E-state index in [9.17, 15) is 13.9 Å².